The second kappa shape index (κ2) is 7.94. The third-order valence-electron chi connectivity index (χ3n) is 3.02. The van der Waals surface area contributed by atoms with Crippen molar-refractivity contribution < 1.29 is 4.79 Å². The van der Waals surface area contributed by atoms with Crippen LogP contribution in [0.5, 0.6) is 0 Å². The summed E-state index contributed by atoms with van der Waals surface area (Å²) in [5, 5.41) is 10.6. The van der Waals surface area contributed by atoms with Crippen LogP contribution in [-0.2, 0) is 11.3 Å². The van der Waals surface area contributed by atoms with Crippen molar-refractivity contribution in [3.63, 3.8) is 0 Å². The molecule has 1 atom stereocenters. The molecule has 0 saturated carbocycles. The molecule has 1 amide bonds. The lowest BCUT2D eigenvalue weighted by Crippen LogP contribution is -2.34. The number of carbonyl (C=O) groups is 1. The third kappa shape index (κ3) is 5.87. The molecule has 1 aromatic heterocycles. The quantitative estimate of drug-likeness (QED) is 0.699. The van der Waals surface area contributed by atoms with E-state index in [0.29, 0.717) is 13.0 Å². The number of carbonyl (C=O) groups excluding carboxylic acids is 1. The molecule has 5 heteroatoms. The second-order valence-corrected chi connectivity index (χ2v) is 5.02. The van der Waals surface area contributed by atoms with Gasteiger partial charge in [0.25, 0.3) is 0 Å². The highest BCUT2D eigenvalue weighted by molar-refractivity contribution is 5.76. The highest BCUT2D eigenvalue weighted by Gasteiger charge is 2.07. The van der Waals surface area contributed by atoms with Gasteiger partial charge in [0.1, 0.15) is 0 Å². The van der Waals surface area contributed by atoms with Crippen molar-refractivity contribution in [1.29, 1.82) is 0 Å². The first kappa shape index (κ1) is 15.7. The minimum absolute atomic E-state index is 0.113. The molecule has 0 spiro atoms. The summed E-state index contributed by atoms with van der Waals surface area (Å²) in [5.41, 5.74) is 2.21. The van der Waals surface area contributed by atoms with Crippen LogP contribution in [0, 0.1) is 13.8 Å². The summed E-state index contributed by atoms with van der Waals surface area (Å²) >= 11 is 0. The average molecular weight is 266 g/mol. The van der Waals surface area contributed by atoms with Gasteiger partial charge in [-0.25, -0.2) is 0 Å². The smallest absolute Gasteiger partial charge is 0.221 e. The number of rotatable bonds is 8. The molecule has 1 aromatic rings. The standard InChI is InChI=1S/C14H26N4O/c1-5-15-11(2)10-14(19)16-7-6-8-18-13(4)9-12(3)17-18/h9,11,15H,5-8,10H2,1-4H3,(H,16,19). The van der Waals surface area contributed by atoms with E-state index in [4.69, 9.17) is 0 Å². The fourth-order valence-corrected chi connectivity index (χ4v) is 2.13. The van der Waals surface area contributed by atoms with Crippen molar-refractivity contribution in [2.45, 2.75) is 53.1 Å². The Hall–Kier alpha value is -1.36. The van der Waals surface area contributed by atoms with Gasteiger partial charge in [-0.15, -0.1) is 0 Å². The van der Waals surface area contributed by atoms with Crippen molar-refractivity contribution in [3.05, 3.63) is 17.5 Å². The predicted molar refractivity (Wildman–Crippen MR) is 77.1 cm³/mol. The van der Waals surface area contributed by atoms with Crippen molar-refractivity contribution in [3.8, 4) is 0 Å². The van der Waals surface area contributed by atoms with E-state index in [-0.39, 0.29) is 11.9 Å². The van der Waals surface area contributed by atoms with E-state index >= 15 is 0 Å². The van der Waals surface area contributed by atoms with Gasteiger partial charge in [0.2, 0.25) is 5.91 Å². The zero-order valence-corrected chi connectivity index (χ0v) is 12.5. The minimum atomic E-state index is 0.113. The maximum absolute atomic E-state index is 11.6. The van der Waals surface area contributed by atoms with Crippen LogP contribution in [0.2, 0.25) is 0 Å². The maximum Gasteiger partial charge on any atom is 0.221 e. The molecule has 1 unspecified atom stereocenters. The molecule has 0 aliphatic rings. The fraction of sp³-hybridized carbons (Fsp3) is 0.714. The lowest BCUT2D eigenvalue weighted by molar-refractivity contribution is -0.121. The van der Waals surface area contributed by atoms with Gasteiger partial charge in [-0.2, -0.15) is 5.10 Å². The summed E-state index contributed by atoms with van der Waals surface area (Å²) in [7, 11) is 0. The Morgan fingerprint density at radius 3 is 2.79 bits per heavy atom. The lowest BCUT2D eigenvalue weighted by atomic mass is 10.2. The monoisotopic (exact) mass is 266 g/mol. The topological polar surface area (TPSA) is 59.0 Å². The summed E-state index contributed by atoms with van der Waals surface area (Å²) in [6, 6.07) is 2.30. The molecule has 1 rings (SSSR count). The molecule has 108 valence electrons. The van der Waals surface area contributed by atoms with Crippen LogP contribution in [0.3, 0.4) is 0 Å². The van der Waals surface area contributed by atoms with E-state index in [1.54, 1.807) is 0 Å². The van der Waals surface area contributed by atoms with Crippen LogP contribution in [-0.4, -0.2) is 34.8 Å². The molecule has 0 bridgehead atoms. The first-order valence-corrected chi connectivity index (χ1v) is 7.04. The molecule has 0 aromatic carbocycles. The fourth-order valence-electron chi connectivity index (χ4n) is 2.13. The molecule has 0 fully saturated rings. The van der Waals surface area contributed by atoms with Gasteiger partial charge in [-0.3, -0.25) is 9.48 Å². The molecule has 0 radical (unpaired) electrons. The van der Waals surface area contributed by atoms with Crippen LogP contribution in [0.25, 0.3) is 0 Å². The Morgan fingerprint density at radius 1 is 1.47 bits per heavy atom. The number of hydrogen-bond donors (Lipinski definition) is 2. The maximum atomic E-state index is 11.6. The summed E-state index contributed by atoms with van der Waals surface area (Å²) in [6.45, 7) is 10.6. The van der Waals surface area contributed by atoms with Crippen LogP contribution >= 0.6 is 0 Å². The van der Waals surface area contributed by atoms with Crippen LogP contribution in [0.15, 0.2) is 6.07 Å². The van der Waals surface area contributed by atoms with E-state index in [1.807, 2.05) is 25.5 Å². The second-order valence-electron chi connectivity index (χ2n) is 5.02. The first-order chi connectivity index (χ1) is 9.02. The Balaban J connectivity index is 2.17. The highest BCUT2D eigenvalue weighted by Crippen LogP contribution is 2.02. The van der Waals surface area contributed by atoms with Gasteiger partial charge in [-0.05, 0) is 39.8 Å². The Bertz CT molecular complexity index is 400. The molecule has 0 aliphatic carbocycles. The Morgan fingerprint density at radius 2 is 2.21 bits per heavy atom. The average Bonchev–Trinajstić information content (AvgIpc) is 2.63. The summed E-state index contributed by atoms with van der Waals surface area (Å²) < 4.78 is 1.99. The van der Waals surface area contributed by atoms with Gasteiger partial charge < -0.3 is 10.6 Å². The van der Waals surface area contributed by atoms with Crippen LogP contribution < -0.4 is 10.6 Å². The van der Waals surface area contributed by atoms with E-state index in [0.717, 1.165) is 25.2 Å². The Labute approximate surface area is 115 Å². The molecule has 0 saturated heterocycles. The number of aryl methyl sites for hydroxylation is 3. The molecule has 2 N–H and O–H groups in total. The summed E-state index contributed by atoms with van der Waals surface area (Å²) in [5.74, 6) is 0.113. The van der Waals surface area contributed by atoms with Crippen molar-refractivity contribution in [2.24, 2.45) is 0 Å². The van der Waals surface area contributed by atoms with Gasteiger partial charge in [0, 0.05) is 31.2 Å². The summed E-state index contributed by atoms with van der Waals surface area (Å²) in [6.07, 6.45) is 1.44. The number of aromatic nitrogens is 2. The third-order valence-corrected chi connectivity index (χ3v) is 3.02. The molecular formula is C14H26N4O. The van der Waals surface area contributed by atoms with Gasteiger partial charge in [-0.1, -0.05) is 6.92 Å². The Kier molecular flexibility index (Phi) is 6.56. The van der Waals surface area contributed by atoms with E-state index in [1.165, 1.54) is 5.69 Å². The van der Waals surface area contributed by atoms with Gasteiger partial charge >= 0.3 is 0 Å². The van der Waals surface area contributed by atoms with E-state index in [2.05, 4.69) is 28.7 Å². The highest BCUT2D eigenvalue weighted by atomic mass is 16.1. The largest absolute Gasteiger partial charge is 0.356 e. The van der Waals surface area contributed by atoms with Crippen molar-refractivity contribution in [1.82, 2.24) is 20.4 Å². The molecular weight excluding hydrogens is 240 g/mol. The number of amides is 1. The molecule has 0 aliphatic heterocycles. The minimum Gasteiger partial charge on any atom is -0.356 e. The van der Waals surface area contributed by atoms with Crippen LogP contribution in [0.1, 0.15) is 38.1 Å². The van der Waals surface area contributed by atoms with Crippen molar-refractivity contribution in [2.75, 3.05) is 13.1 Å². The number of nitrogens with one attached hydrogen (secondary N) is 2. The predicted octanol–water partition coefficient (Wildman–Crippen LogP) is 1.39. The molecule has 5 nitrogen and oxygen atoms in total. The number of hydrogen-bond acceptors (Lipinski definition) is 3. The van der Waals surface area contributed by atoms with Crippen LogP contribution in [0.4, 0.5) is 0 Å². The molecule has 1 heterocycles. The first-order valence-electron chi connectivity index (χ1n) is 7.04. The van der Waals surface area contributed by atoms with Crippen molar-refractivity contribution >= 4 is 5.91 Å². The normalized spacial score (nSPS) is 12.4. The summed E-state index contributed by atoms with van der Waals surface area (Å²) in [4.78, 5) is 11.6. The lowest BCUT2D eigenvalue weighted by Gasteiger charge is -2.12. The van der Waals surface area contributed by atoms with Gasteiger partial charge in [0.05, 0.1) is 5.69 Å². The van der Waals surface area contributed by atoms with Gasteiger partial charge in [0.15, 0.2) is 0 Å². The number of nitrogens with zero attached hydrogens (tertiary/aromatic N) is 2. The zero-order valence-electron chi connectivity index (χ0n) is 12.5. The molecule has 19 heavy (non-hydrogen) atoms. The van der Waals surface area contributed by atoms with E-state index < -0.39 is 0 Å². The SMILES string of the molecule is CCNC(C)CC(=O)NCCCn1nc(C)cc1C. The van der Waals surface area contributed by atoms with E-state index in [9.17, 15) is 4.79 Å². The zero-order chi connectivity index (χ0) is 14.3.